The number of carbonyl (C=O) groups excluding carboxylic acids is 2. The predicted molar refractivity (Wildman–Crippen MR) is 57.4 cm³/mol. The van der Waals surface area contributed by atoms with E-state index in [1.54, 1.807) is 20.8 Å². The van der Waals surface area contributed by atoms with E-state index in [1.807, 2.05) is 0 Å². The van der Waals surface area contributed by atoms with Crippen LogP contribution in [0.25, 0.3) is 0 Å². The van der Waals surface area contributed by atoms with Gasteiger partial charge < -0.3 is 19.9 Å². The molecule has 0 aromatic rings. The largest absolute Gasteiger partial charge is 0.479 e. The molecule has 98 valence electrons. The number of nitrogens with one attached hydrogen (secondary N) is 1. The number of carbonyl (C=O) groups is 3. The summed E-state index contributed by atoms with van der Waals surface area (Å²) < 4.78 is 9.30. The fourth-order valence-electron chi connectivity index (χ4n) is 0.801. The maximum Gasteiger partial charge on any atom is 0.408 e. The molecule has 0 saturated heterocycles. The van der Waals surface area contributed by atoms with Crippen molar-refractivity contribution in [2.24, 2.45) is 0 Å². The molecular formula is C10H17NO6. The molecule has 1 amide bonds. The standard InChI is InChI=1S/C10H17NO6/c1-6(8(14)16-5-7(12)13)11-9(15)17-10(2,3)4/h6H,5H2,1-4H3,(H,11,15)(H,12,13). The van der Waals surface area contributed by atoms with Gasteiger partial charge in [-0.25, -0.2) is 14.4 Å². The van der Waals surface area contributed by atoms with Gasteiger partial charge in [0.05, 0.1) is 0 Å². The van der Waals surface area contributed by atoms with Crippen molar-refractivity contribution in [3.05, 3.63) is 0 Å². The Balaban J connectivity index is 4.08. The predicted octanol–water partition coefficient (Wildman–Crippen LogP) is 0.527. The van der Waals surface area contributed by atoms with Crippen LogP contribution in [0, 0.1) is 0 Å². The number of hydrogen-bond donors (Lipinski definition) is 2. The zero-order valence-corrected chi connectivity index (χ0v) is 10.3. The number of hydrogen-bond acceptors (Lipinski definition) is 5. The smallest absolute Gasteiger partial charge is 0.408 e. The first-order valence-electron chi connectivity index (χ1n) is 5.00. The van der Waals surface area contributed by atoms with Crippen LogP contribution in [0.5, 0.6) is 0 Å². The molecular weight excluding hydrogens is 230 g/mol. The Morgan fingerprint density at radius 1 is 1.29 bits per heavy atom. The highest BCUT2D eigenvalue weighted by Gasteiger charge is 2.22. The number of rotatable bonds is 4. The Morgan fingerprint density at radius 3 is 2.24 bits per heavy atom. The van der Waals surface area contributed by atoms with Crippen molar-refractivity contribution in [2.75, 3.05) is 6.61 Å². The quantitative estimate of drug-likeness (QED) is 0.702. The first-order valence-corrected chi connectivity index (χ1v) is 5.00. The summed E-state index contributed by atoms with van der Waals surface area (Å²) in [5, 5.41) is 10.5. The molecule has 0 aromatic heterocycles. The lowest BCUT2D eigenvalue weighted by molar-refractivity contribution is -0.156. The summed E-state index contributed by atoms with van der Waals surface area (Å²) in [5.41, 5.74) is -0.672. The van der Waals surface area contributed by atoms with Gasteiger partial charge in [-0.05, 0) is 27.7 Å². The molecule has 0 bridgehead atoms. The first-order chi connectivity index (χ1) is 7.61. The molecule has 0 aliphatic carbocycles. The van der Waals surface area contributed by atoms with E-state index < -0.39 is 36.3 Å². The Bertz CT molecular complexity index is 306. The second-order valence-corrected chi connectivity index (χ2v) is 4.37. The van der Waals surface area contributed by atoms with Crippen molar-refractivity contribution in [3.63, 3.8) is 0 Å². The number of carboxylic acid groups (broad SMARTS) is 1. The Morgan fingerprint density at radius 2 is 1.82 bits per heavy atom. The van der Waals surface area contributed by atoms with Crippen LogP contribution in [0.3, 0.4) is 0 Å². The third-order valence-corrected chi connectivity index (χ3v) is 1.42. The van der Waals surface area contributed by atoms with E-state index in [0.717, 1.165) is 0 Å². The van der Waals surface area contributed by atoms with Crippen molar-refractivity contribution in [3.8, 4) is 0 Å². The van der Waals surface area contributed by atoms with Gasteiger partial charge in [0.25, 0.3) is 0 Å². The molecule has 17 heavy (non-hydrogen) atoms. The van der Waals surface area contributed by atoms with Crippen LogP contribution in [0.15, 0.2) is 0 Å². The molecule has 1 atom stereocenters. The molecule has 7 heteroatoms. The van der Waals surface area contributed by atoms with Gasteiger partial charge in [-0.2, -0.15) is 0 Å². The third-order valence-electron chi connectivity index (χ3n) is 1.42. The summed E-state index contributed by atoms with van der Waals surface area (Å²) >= 11 is 0. The molecule has 0 radical (unpaired) electrons. The maximum atomic E-state index is 11.3. The summed E-state index contributed by atoms with van der Waals surface area (Å²) in [6.07, 6.45) is -0.766. The highest BCUT2D eigenvalue weighted by molar-refractivity contribution is 5.82. The van der Waals surface area contributed by atoms with Crippen LogP contribution in [0.4, 0.5) is 4.79 Å². The topological polar surface area (TPSA) is 102 Å². The molecule has 0 saturated carbocycles. The van der Waals surface area contributed by atoms with Crippen LogP contribution in [0.1, 0.15) is 27.7 Å². The van der Waals surface area contributed by atoms with Gasteiger partial charge in [0.15, 0.2) is 6.61 Å². The highest BCUT2D eigenvalue weighted by Crippen LogP contribution is 2.06. The lowest BCUT2D eigenvalue weighted by atomic mass is 10.2. The van der Waals surface area contributed by atoms with Gasteiger partial charge in [0.1, 0.15) is 11.6 Å². The van der Waals surface area contributed by atoms with Gasteiger partial charge in [-0.3, -0.25) is 0 Å². The van der Waals surface area contributed by atoms with Crippen LogP contribution in [-0.2, 0) is 19.1 Å². The lowest BCUT2D eigenvalue weighted by Gasteiger charge is -2.21. The monoisotopic (exact) mass is 247 g/mol. The van der Waals surface area contributed by atoms with E-state index >= 15 is 0 Å². The minimum absolute atomic E-state index is 0.672. The Kier molecular flexibility index (Phi) is 5.43. The Labute approximate surface area is 99.1 Å². The molecule has 0 aliphatic heterocycles. The van der Waals surface area contributed by atoms with E-state index in [4.69, 9.17) is 9.84 Å². The molecule has 0 aromatic carbocycles. The van der Waals surface area contributed by atoms with Crippen molar-refractivity contribution in [1.29, 1.82) is 0 Å². The van der Waals surface area contributed by atoms with Crippen molar-refractivity contribution >= 4 is 18.0 Å². The van der Waals surface area contributed by atoms with E-state index in [9.17, 15) is 14.4 Å². The summed E-state index contributed by atoms with van der Waals surface area (Å²) in [4.78, 5) is 32.6. The van der Waals surface area contributed by atoms with Crippen molar-refractivity contribution < 1.29 is 29.0 Å². The molecule has 7 nitrogen and oxygen atoms in total. The summed E-state index contributed by atoms with van der Waals surface area (Å²) in [6, 6.07) is -0.968. The fraction of sp³-hybridized carbons (Fsp3) is 0.700. The van der Waals surface area contributed by atoms with E-state index in [2.05, 4.69) is 10.1 Å². The number of alkyl carbamates (subject to hydrolysis) is 1. The summed E-state index contributed by atoms with van der Waals surface area (Å²) in [5.74, 6) is -2.10. The average molecular weight is 247 g/mol. The SMILES string of the molecule is CC(NC(=O)OC(C)(C)C)C(=O)OCC(=O)O. The van der Waals surface area contributed by atoms with Gasteiger partial charge in [-0.15, -0.1) is 0 Å². The highest BCUT2D eigenvalue weighted by atomic mass is 16.6. The first kappa shape index (κ1) is 15.2. The summed E-state index contributed by atoms with van der Waals surface area (Å²) in [6.45, 7) is 5.67. The van der Waals surface area contributed by atoms with Crippen LogP contribution < -0.4 is 5.32 Å². The minimum atomic E-state index is -1.26. The average Bonchev–Trinajstić information content (AvgIpc) is 2.10. The van der Waals surface area contributed by atoms with E-state index in [0.29, 0.717) is 0 Å². The van der Waals surface area contributed by atoms with Crippen LogP contribution in [-0.4, -0.2) is 41.4 Å². The molecule has 2 N–H and O–H groups in total. The molecule has 0 spiro atoms. The molecule has 0 aliphatic rings. The number of carboxylic acids is 1. The minimum Gasteiger partial charge on any atom is -0.479 e. The molecule has 0 heterocycles. The molecule has 0 rings (SSSR count). The van der Waals surface area contributed by atoms with E-state index in [-0.39, 0.29) is 0 Å². The number of ether oxygens (including phenoxy) is 2. The number of aliphatic carboxylic acids is 1. The van der Waals surface area contributed by atoms with Gasteiger partial charge in [0, 0.05) is 0 Å². The number of amides is 1. The second-order valence-electron chi connectivity index (χ2n) is 4.37. The van der Waals surface area contributed by atoms with Gasteiger partial charge in [-0.1, -0.05) is 0 Å². The third kappa shape index (κ3) is 8.06. The molecule has 0 fully saturated rings. The van der Waals surface area contributed by atoms with Crippen molar-refractivity contribution in [1.82, 2.24) is 5.32 Å². The van der Waals surface area contributed by atoms with Gasteiger partial charge >= 0.3 is 18.0 Å². The number of esters is 1. The maximum absolute atomic E-state index is 11.3. The fourth-order valence-corrected chi connectivity index (χ4v) is 0.801. The normalized spacial score (nSPS) is 12.5. The van der Waals surface area contributed by atoms with Crippen molar-refractivity contribution in [2.45, 2.75) is 39.3 Å². The second kappa shape index (κ2) is 6.07. The Hall–Kier alpha value is -1.79. The van der Waals surface area contributed by atoms with Crippen LogP contribution >= 0.6 is 0 Å². The van der Waals surface area contributed by atoms with Crippen LogP contribution in [0.2, 0.25) is 0 Å². The summed E-state index contributed by atoms with van der Waals surface area (Å²) in [7, 11) is 0. The zero-order valence-electron chi connectivity index (χ0n) is 10.3. The lowest BCUT2D eigenvalue weighted by Crippen LogP contribution is -2.42. The molecule has 1 unspecified atom stereocenters. The van der Waals surface area contributed by atoms with Gasteiger partial charge in [0.2, 0.25) is 0 Å². The van der Waals surface area contributed by atoms with E-state index in [1.165, 1.54) is 6.92 Å². The zero-order chi connectivity index (χ0) is 13.6.